The number of nitrogens with zero attached hydrogens (tertiary/aromatic N) is 1. The van der Waals surface area contributed by atoms with Crippen LogP contribution in [0.3, 0.4) is 0 Å². The van der Waals surface area contributed by atoms with E-state index in [0.29, 0.717) is 5.06 Å². The van der Waals surface area contributed by atoms with E-state index in [1.165, 1.54) is 0 Å². The smallest absolute Gasteiger partial charge is 0.428 e. The van der Waals surface area contributed by atoms with Crippen LogP contribution in [0.25, 0.3) is 0 Å². The monoisotopic (exact) mass is 319 g/mol. The lowest BCUT2D eigenvalue weighted by molar-refractivity contribution is -0.178. The van der Waals surface area contributed by atoms with Crippen molar-refractivity contribution in [3.05, 3.63) is 0 Å². The summed E-state index contributed by atoms with van der Waals surface area (Å²) >= 11 is 0. The molecule has 0 radical (unpaired) electrons. The van der Waals surface area contributed by atoms with Gasteiger partial charge in [-0.3, -0.25) is 14.4 Å². The molecule has 2 rings (SSSR count). The first-order chi connectivity index (χ1) is 9.72. The Morgan fingerprint density at radius 2 is 1.81 bits per heavy atom. The minimum atomic E-state index is -3.31. The molecule has 2 heterocycles. The fourth-order valence-electron chi connectivity index (χ4n) is 2.66. The van der Waals surface area contributed by atoms with Gasteiger partial charge in [-0.1, -0.05) is 18.9 Å². The maximum absolute atomic E-state index is 11.9. The van der Waals surface area contributed by atoms with Crippen LogP contribution in [0.2, 0.25) is 0 Å². The molecule has 8 nitrogen and oxygen atoms in total. The number of ether oxygens (including phenoxy) is 1. The van der Waals surface area contributed by atoms with Gasteiger partial charge in [0.1, 0.15) is 11.4 Å². The van der Waals surface area contributed by atoms with Crippen molar-refractivity contribution in [1.82, 2.24) is 5.06 Å². The summed E-state index contributed by atoms with van der Waals surface area (Å²) in [7, 11) is -3.31. The van der Waals surface area contributed by atoms with Gasteiger partial charge in [0.25, 0.3) is 11.8 Å². The number of hydrogen-bond acceptors (Lipinski definition) is 7. The summed E-state index contributed by atoms with van der Waals surface area (Å²) in [6, 6.07) is 0. The van der Waals surface area contributed by atoms with Gasteiger partial charge < -0.3 is 4.74 Å². The lowest BCUT2D eigenvalue weighted by Crippen LogP contribution is -2.38. The van der Waals surface area contributed by atoms with Gasteiger partial charge in [0, 0.05) is 12.8 Å². The molecule has 0 aromatic rings. The minimum absolute atomic E-state index is 0.0153. The van der Waals surface area contributed by atoms with Crippen LogP contribution in [-0.2, 0) is 29.0 Å². The van der Waals surface area contributed by atoms with Crippen LogP contribution >= 0.6 is 0 Å². The second-order valence-electron chi connectivity index (χ2n) is 5.44. The molecule has 2 atom stereocenters. The highest BCUT2D eigenvalue weighted by Crippen LogP contribution is 2.29. The molecule has 0 saturated carbocycles. The van der Waals surface area contributed by atoms with Gasteiger partial charge >= 0.3 is 6.16 Å². The Morgan fingerprint density at radius 1 is 1.24 bits per heavy atom. The Morgan fingerprint density at radius 3 is 2.33 bits per heavy atom. The van der Waals surface area contributed by atoms with Crippen LogP contribution in [0, 0.1) is 5.92 Å². The fourth-order valence-corrected chi connectivity index (χ4v) is 4.98. The van der Waals surface area contributed by atoms with Crippen LogP contribution in [0.1, 0.15) is 33.1 Å². The van der Waals surface area contributed by atoms with Gasteiger partial charge in [-0.05, 0) is 12.3 Å². The normalized spacial score (nSPS) is 28.2. The topological polar surface area (TPSA) is 107 Å². The predicted molar refractivity (Wildman–Crippen MR) is 69.5 cm³/mol. The summed E-state index contributed by atoms with van der Waals surface area (Å²) in [6.45, 7) is 3.45. The molecular formula is C12H17NO7S. The Hall–Kier alpha value is -1.64. The van der Waals surface area contributed by atoms with Gasteiger partial charge in [0.05, 0.1) is 5.75 Å². The van der Waals surface area contributed by atoms with Crippen molar-refractivity contribution in [3.8, 4) is 0 Å². The minimum Gasteiger partial charge on any atom is -0.428 e. The van der Waals surface area contributed by atoms with Crippen molar-refractivity contribution in [2.45, 2.75) is 44.5 Å². The number of amides is 2. The molecule has 0 bridgehead atoms. The van der Waals surface area contributed by atoms with Crippen molar-refractivity contribution in [2.75, 3.05) is 5.75 Å². The molecule has 0 aromatic heterocycles. The van der Waals surface area contributed by atoms with Crippen LogP contribution in [-0.4, -0.2) is 48.6 Å². The van der Waals surface area contributed by atoms with E-state index in [1.807, 2.05) is 0 Å². The average molecular weight is 319 g/mol. The number of carbonyl (C=O) groups is 3. The Bertz CT molecular complexity index is 552. The van der Waals surface area contributed by atoms with E-state index >= 15 is 0 Å². The molecule has 0 N–H and O–H groups in total. The van der Waals surface area contributed by atoms with Crippen molar-refractivity contribution in [3.63, 3.8) is 0 Å². The molecule has 2 aliphatic rings. The van der Waals surface area contributed by atoms with E-state index in [0.717, 1.165) is 0 Å². The second-order valence-corrected chi connectivity index (χ2v) is 7.72. The van der Waals surface area contributed by atoms with Crippen molar-refractivity contribution in [1.29, 1.82) is 0 Å². The maximum Gasteiger partial charge on any atom is 0.534 e. The average Bonchev–Trinajstić information content (AvgIpc) is 2.82. The summed E-state index contributed by atoms with van der Waals surface area (Å²) in [5.74, 6) is -1.51. The first-order valence-corrected chi connectivity index (χ1v) is 8.40. The Kier molecular flexibility index (Phi) is 4.22. The summed E-state index contributed by atoms with van der Waals surface area (Å²) < 4.78 is 28.8. The summed E-state index contributed by atoms with van der Waals surface area (Å²) in [4.78, 5) is 38.8. The van der Waals surface area contributed by atoms with E-state index in [4.69, 9.17) is 4.74 Å². The van der Waals surface area contributed by atoms with Gasteiger partial charge in [-0.2, -0.15) is 0 Å². The van der Waals surface area contributed by atoms with Crippen molar-refractivity contribution < 1.29 is 32.4 Å². The number of sulfone groups is 1. The lowest BCUT2D eigenvalue weighted by atomic mass is 10.0. The number of imide groups is 1. The van der Waals surface area contributed by atoms with E-state index in [9.17, 15) is 22.8 Å². The molecule has 2 saturated heterocycles. The third-order valence-electron chi connectivity index (χ3n) is 3.54. The number of rotatable bonds is 3. The third kappa shape index (κ3) is 3.17. The van der Waals surface area contributed by atoms with E-state index < -0.39 is 39.2 Å². The molecule has 0 aliphatic carbocycles. The summed E-state index contributed by atoms with van der Waals surface area (Å²) in [5.41, 5.74) is 0. The number of hydroxylamine groups is 2. The van der Waals surface area contributed by atoms with Gasteiger partial charge in [-0.25, -0.2) is 13.2 Å². The maximum atomic E-state index is 11.9. The first kappa shape index (κ1) is 15.7. The first-order valence-electron chi connectivity index (χ1n) is 6.68. The van der Waals surface area contributed by atoms with Crippen LogP contribution in [0.4, 0.5) is 4.79 Å². The fraction of sp³-hybridized carbons (Fsp3) is 0.750. The Balaban J connectivity index is 2.00. The predicted octanol–water partition coefficient (Wildman–Crippen LogP) is 0.415. The number of carbonyl (C=O) groups excluding carboxylic acids is 3. The van der Waals surface area contributed by atoms with Crippen LogP contribution < -0.4 is 0 Å². The highest BCUT2D eigenvalue weighted by molar-refractivity contribution is 7.92. The largest absolute Gasteiger partial charge is 0.534 e. The van der Waals surface area contributed by atoms with E-state index in [2.05, 4.69) is 4.84 Å². The molecule has 21 heavy (non-hydrogen) atoms. The molecule has 2 amide bonds. The molecule has 2 fully saturated rings. The zero-order valence-corrected chi connectivity index (χ0v) is 12.6. The van der Waals surface area contributed by atoms with Gasteiger partial charge in [-0.15, -0.1) is 0 Å². The summed E-state index contributed by atoms with van der Waals surface area (Å²) in [5, 5.41) is -0.425. The van der Waals surface area contributed by atoms with E-state index in [1.54, 1.807) is 13.8 Å². The molecule has 118 valence electrons. The third-order valence-corrected chi connectivity index (χ3v) is 6.03. The summed E-state index contributed by atoms with van der Waals surface area (Å²) in [6.07, 6.45) is -1.90. The van der Waals surface area contributed by atoms with Gasteiger partial charge in [0.15, 0.2) is 9.84 Å². The van der Waals surface area contributed by atoms with Crippen molar-refractivity contribution in [2.24, 2.45) is 5.92 Å². The zero-order valence-electron chi connectivity index (χ0n) is 11.8. The highest BCUT2D eigenvalue weighted by Gasteiger charge is 2.45. The highest BCUT2D eigenvalue weighted by atomic mass is 32.2. The quantitative estimate of drug-likeness (QED) is 0.548. The second kappa shape index (κ2) is 5.63. The van der Waals surface area contributed by atoms with Crippen LogP contribution in [0.5, 0.6) is 0 Å². The molecular weight excluding hydrogens is 302 g/mol. The van der Waals surface area contributed by atoms with Crippen molar-refractivity contribution >= 4 is 27.8 Å². The standard InChI is InChI=1S/C12H17NO7S/c1-7(2)11-8(5-6-21(11,17)18)19-12(16)20-13-9(14)3-4-10(13)15/h7-8,11H,3-6H2,1-2H3/t8-,11-/m1/s1. The Labute approximate surface area is 122 Å². The zero-order chi connectivity index (χ0) is 15.8. The molecule has 0 aromatic carbocycles. The molecule has 2 aliphatic heterocycles. The lowest BCUT2D eigenvalue weighted by Gasteiger charge is -2.22. The van der Waals surface area contributed by atoms with Gasteiger partial charge in [0.2, 0.25) is 0 Å². The SMILES string of the molecule is CC(C)[C@@H]1[C@H](OC(=O)ON2C(=O)CCC2=O)CCS1(=O)=O. The molecule has 0 spiro atoms. The number of hydrogen-bond donors (Lipinski definition) is 0. The molecule has 9 heteroatoms. The van der Waals surface area contributed by atoms with E-state index in [-0.39, 0.29) is 30.9 Å². The van der Waals surface area contributed by atoms with Crippen LogP contribution in [0.15, 0.2) is 0 Å². The molecule has 0 unspecified atom stereocenters.